The van der Waals surface area contributed by atoms with Crippen molar-refractivity contribution in [3.05, 3.63) is 0 Å². The Morgan fingerprint density at radius 2 is 1.40 bits per heavy atom. The van der Waals surface area contributed by atoms with Gasteiger partial charge in [0.15, 0.2) is 5.96 Å². The summed E-state index contributed by atoms with van der Waals surface area (Å²) in [5.74, 6) is -7.42. The van der Waals surface area contributed by atoms with Gasteiger partial charge in [-0.1, -0.05) is 13.8 Å². The molecule has 0 radical (unpaired) electrons. The monoisotopic (exact) mass is 502 g/mol. The van der Waals surface area contributed by atoms with Crippen LogP contribution in [0.4, 0.5) is 0 Å². The molecule has 4 unspecified atom stereocenters. The lowest BCUT2D eigenvalue weighted by Crippen LogP contribution is -2.59. The first-order chi connectivity index (χ1) is 16.1. The number of guanidine groups is 1. The number of aliphatic imine (C=N–C) groups is 1. The molecule has 4 amide bonds. The average Bonchev–Trinajstić information content (AvgIpc) is 2.72. The second-order valence-corrected chi connectivity index (χ2v) is 8.01. The molecule has 16 nitrogen and oxygen atoms in total. The van der Waals surface area contributed by atoms with Crippen molar-refractivity contribution >= 4 is 41.5 Å². The molecule has 0 fully saturated rings. The SMILES string of the molecule is CC(C)C(NC(=O)C(N)CCCN=C(N)N)C(=O)NC(CC(=O)O)C(=O)NC(CC(N)=O)C(=O)O. The number of nitrogens with one attached hydrogen (secondary N) is 3. The molecule has 0 saturated carbocycles. The molecule has 0 aromatic heterocycles. The van der Waals surface area contributed by atoms with Gasteiger partial charge < -0.3 is 49.1 Å². The van der Waals surface area contributed by atoms with Crippen LogP contribution in [-0.4, -0.2) is 82.5 Å². The number of amides is 4. The molecule has 0 heterocycles. The normalized spacial score (nSPS) is 14.1. The van der Waals surface area contributed by atoms with E-state index in [4.69, 9.17) is 33.1 Å². The van der Waals surface area contributed by atoms with E-state index in [1.54, 1.807) is 13.8 Å². The van der Waals surface area contributed by atoms with Crippen LogP contribution in [0.2, 0.25) is 0 Å². The van der Waals surface area contributed by atoms with Crippen molar-refractivity contribution in [2.75, 3.05) is 6.54 Å². The van der Waals surface area contributed by atoms with E-state index in [1.165, 1.54) is 0 Å². The Labute approximate surface area is 201 Å². The Hall–Kier alpha value is -3.95. The Morgan fingerprint density at radius 1 is 0.829 bits per heavy atom. The van der Waals surface area contributed by atoms with Gasteiger partial charge in [-0.15, -0.1) is 0 Å². The van der Waals surface area contributed by atoms with Crippen molar-refractivity contribution in [1.82, 2.24) is 16.0 Å². The van der Waals surface area contributed by atoms with Gasteiger partial charge in [0.05, 0.1) is 18.9 Å². The number of nitrogens with zero attached hydrogens (tertiary/aromatic N) is 1. The molecular weight excluding hydrogens is 468 g/mol. The van der Waals surface area contributed by atoms with Crippen LogP contribution in [-0.2, 0) is 28.8 Å². The zero-order chi connectivity index (χ0) is 27.3. The van der Waals surface area contributed by atoms with Crippen molar-refractivity contribution < 1.29 is 39.0 Å². The van der Waals surface area contributed by atoms with Crippen LogP contribution in [0, 0.1) is 5.92 Å². The van der Waals surface area contributed by atoms with E-state index in [2.05, 4.69) is 15.6 Å². The molecule has 0 rings (SSSR count). The summed E-state index contributed by atoms with van der Waals surface area (Å²) in [5, 5.41) is 24.8. The lowest BCUT2D eigenvalue weighted by Gasteiger charge is -2.26. The highest BCUT2D eigenvalue weighted by atomic mass is 16.4. The fourth-order valence-electron chi connectivity index (χ4n) is 2.76. The predicted octanol–water partition coefficient (Wildman–Crippen LogP) is -4.09. The van der Waals surface area contributed by atoms with E-state index in [1.807, 2.05) is 5.32 Å². The first kappa shape index (κ1) is 31.0. The third-order valence-corrected chi connectivity index (χ3v) is 4.58. The Bertz CT molecular complexity index is 828. The van der Waals surface area contributed by atoms with Gasteiger partial charge in [0.2, 0.25) is 23.6 Å². The average molecular weight is 503 g/mol. The smallest absolute Gasteiger partial charge is 0.326 e. The Kier molecular flexibility index (Phi) is 13.4. The van der Waals surface area contributed by atoms with Crippen molar-refractivity contribution in [2.24, 2.45) is 33.8 Å². The van der Waals surface area contributed by atoms with E-state index < -0.39 is 78.5 Å². The van der Waals surface area contributed by atoms with Gasteiger partial charge in [-0.05, 0) is 18.8 Å². The molecule has 0 aliphatic rings. The number of carbonyl (C=O) groups excluding carboxylic acids is 4. The molecule has 13 N–H and O–H groups in total. The number of primary amides is 1. The fraction of sp³-hybridized carbons (Fsp3) is 0.632. The molecule has 0 aliphatic carbocycles. The molecule has 0 bridgehead atoms. The topological polar surface area (TPSA) is 295 Å². The van der Waals surface area contributed by atoms with Crippen LogP contribution in [0.25, 0.3) is 0 Å². The molecule has 0 aromatic carbocycles. The maximum Gasteiger partial charge on any atom is 0.326 e. The molecule has 0 aromatic rings. The highest BCUT2D eigenvalue weighted by molar-refractivity contribution is 5.96. The summed E-state index contributed by atoms with van der Waals surface area (Å²) >= 11 is 0. The third-order valence-electron chi connectivity index (χ3n) is 4.58. The summed E-state index contributed by atoms with van der Waals surface area (Å²) in [4.78, 5) is 74.9. The van der Waals surface area contributed by atoms with Crippen LogP contribution in [0.1, 0.15) is 39.5 Å². The molecular formula is C19H34N8O8. The first-order valence-electron chi connectivity index (χ1n) is 10.6. The maximum absolute atomic E-state index is 12.8. The summed E-state index contributed by atoms with van der Waals surface area (Å²) < 4.78 is 0. The highest BCUT2D eigenvalue weighted by Crippen LogP contribution is 2.06. The van der Waals surface area contributed by atoms with Gasteiger partial charge in [-0.2, -0.15) is 0 Å². The predicted molar refractivity (Wildman–Crippen MR) is 122 cm³/mol. The molecule has 35 heavy (non-hydrogen) atoms. The number of aliphatic carboxylic acids is 2. The number of hydrogen-bond acceptors (Lipinski definition) is 8. The van der Waals surface area contributed by atoms with Crippen molar-refractivity contribution in [3.63, 3.8) is 0 Å². The summed E-state index contributed by atoms with van der Waals surface area (Å²) in [6.07, 6.45) is -1.05. The minimum atomic E-state index is -1.73. The molecule has 198 valence electrons. The summed E-state index contributed by atoms with van der Waals surface area (Å²) in [6, 6.07) is -5.63. The summed E-state index contributed by atoms with van der Waals surface area (Å²) in [5.41, 5.74) is 21.2. The Balaban J connectivity index is 5.35. The fourth-order valence-corrected chi connectivity index (χ4v) is 2.76. The number of nitrogens with two attached hydrogens (primary N) is 4. The van der Waals surface area contributed by atoms with Gasteiger partial charge in [0, 0.05) is 6.54 Å². The molecule has 0 aliphatic heterocycles. The van der Waals surface area contributed by atoms with Crippen LogP contribution in [0.3, 0.4) is 0 Å². The van der Waals surface area contributed by atoms with Gasteiger partial charge in [-0.3, -0.25) is 29.0 Å². The van der Waals surface area contributed by atoms with Crippen molar-refractivity contribution in [3.8, 4) is 0 Å². The number of carboxylic acids is 2. The number of hydrogen-bond donors (Lipinski definition) is 9. The van der Waals surface area contributed by atoms with E-state index in [9.17, 15) is 28.8 Å². The largest absolute Gasteiger partial charge is 0.481 e. The molecule has 0 spiro atoms. The second kappa shape index (κ2) is 15.0. The Morgan fingerprint density at radius 3 is 1.86 bits per heavy atom. The van der Waals surface area contributed by atoms with E-state index in [0.717, 1.165) is 0 Å². The number of carboxylic acid groups (broad SMARTS) is 2. The molecule has 0 saturated heterocycles. The van der Waals surface area contributed by atoms with Crippen LogP contribution in [0.5, 0.6) is 0 Å². The third kappa shape index (κ3) is 12.8. The summed E-state index contributed by atoms with van der Waals surface area (Å²) in [6.45, 7) is 3.43. The van der Waals surface area contributed by atoms with Crippen molar-refractivity contribution in [1.29, 1.82) is 0 Å². The number of rotatable bonds is 16. The lowest BCUT2D eigenvalue weighted by atomic mass is 10.0. The van der Waals surface area contributed by atoms with Crippen LogP contribution in [0.15, 0.2) is 4.99 Å². The van der Waals surface area contributed by atoms with Gasteiger partial charge in [0.1, 0.15) is 18.1 Å². The maximum atomic E-state index is 12.8. The van der Waals surface area contributed by atoms with E-state index in [0.29, 0.717) is 6.42 Å². The quantitative estimate of drug-likeness (QED) is 0.0555. The minimum Gasteiger partial charge on any atom is -0.481 e. The van der Waals surface area contributed by atoms with E-state index >= 15 is 0 Å². The van der Waals surface area contributed by atoms with Crippen LogP contribution >= 0.6 is 0 Å². The highest BCUT2D eigenvalue weighted by Gasteiger charge is 2.33. The van der Waals surface area contributed by atoms with E-state index in [-0.39, 0.29) is 18.9 Å². The van der Waals surface area contributed by atoms with Crippen molar-refractivity contribution in [2.45, 2.75) is 63.7 Å². The van der Waals surface area contributed by atoms with Gasteiger partial charge >= 0.3 is 11.9 Å². The van der Waals surface area contributed by atoms with Crippen LogP contribution < -0.4 is 38.9 Å². The molecule has 16 heteroatoms. The zero-order valence-electron chi connectivity index (χ0n) is 19.5. The number of carbonyl (C=O) groups is 6. The first-order valence-corrected chi connectivity index (χ1v) is 10.6. The van der Waals surface area contributed by atoms with Gasteiger partial charge in [-0.25, -0.2) is 4.79 Å². The van der Waals surface area contributed by atoms with Gasteiger partial charge in [0.25, 0.3) is 0 Å². The summed E-state index contributed by atoms with van der Waals surface area (Å²) in [7, 11) is 0. The molecule has 4 atom stereocenters. The standard InChI is InChI=1S/C19H34N8O8/c1-8(2)14(27-15(31)9(20)4-3-5-24-19(22)23)17(33)25-10(7-13(29)30)16(32)26-11(18(34)35)6-12(21)28/h8-11,14H,3-7,20H2,1-2H3,(H2,21,28)(H,25,33)(H,26,32)(H,27,31)(H,29,30)(H,34,35)(H4,22,23,24). The second-order valence-electron chi connectivity index (χ2n) is 8.01. The zero-order valence-corrected chi connectivity index (χ0v) is 19.5. The lowest BCUT2D eigenvalue weighted by molar-refractivity contribution is -0.145. The minimum absolute atomic E-state index is 0.108.